The van der Waals surface area contributed by atoms with Crippen LogP contribution >= 0.6 is 0 Å². The number of carboxylic acid groups (broad SMARTS) is 1. The summed E-state index contributed by atoms with van der Waals surface area (Å²) >= 11 is 0. The Balaban J connectivity index is 1.98. The third-order valence-electron chi connectivity index (χ3n) is 5.95. The van der Waals surface area contributed by atoms with Gasteiger partial charge in [-0.2, -0.15) is 5.06 Å². The van der Waals surface area contributed by atoms with E-state index in [1.807, 2.05) is 6.07 Å². The van der Waals surface area contributed by atoms with Crippen molar-refractivity contribution in [1.29, 1.82) is 0 Å². The number of nitrogens with one attached hydrogen (secondary N) is 2. The molecule has 1 unspecified atom stereocenters. The highest BCUT2D eigenvalue weighted by Gasteiger charge is 2.56. The molecule has 186 valence electrons. The highest BCUT2D eigenvalue weighted by Crippen LogP contribution is 2.39. The number of anilines is 2. The number of hydrogen-bond donors (Lipinski definition) is 4. The molecule has 1 aliphatic heterocycles. The van der Waals surface area contributed by atoms with Crippen molar-refractivity contribution in [2.45, 2.75) is 39.4 Å². The lowest BCUT2D eigenvalue weighted by Crippen LogP contribution is -2.58. The third-order valence-corrected chi connectivity index (χ3v) is 5.95. The fraction of sp³-hybridized carbons (Fsp3) is 0.333. The minimum Gasteiger partial charge on any atom is -0.480 e. The summed E-state index contributed by atoms with van der Waals surface area (Å²) in [5.41, 5.74) is 1.19. The van der Waals surface area contributed by atoms with Gasteiger partial charge in [0.2, 0.25) is 5.91 Å². The number of carbonyl (C=O) groups excluding carboxylic acids is 3. The van der Waals surface area contributed by atoms with Crippen molar-refractivity contribution in [3.8, 4) is 0 Å². The van der Waals surface area contributed by atoms with E-state index in [0.29, 0.717) is 22.0 Å². The molecule has 1 heterocycles. The van der Waals surface area contributed by atoms with Crippen LogP contribution in [0, 0.1) is 13.8 Å². The molecule has 5 amide bonds. The molecule has 1 fully saturated rings. The van der Waals surface area contributed by atoms with Crippen molar-refractivity contribution in [3.63, 3.8) is 0 Å². The van der Waals surface area contributed by atoms with Crippen LogP contribution in [0.5, 0.6) is 0 Å². The maximum absolute atomic E-state index is 13.6. The zero-order valence-corrected chi connectivity index (χ0v) is 20.0. The minimum atomic E-state index is -1.25. The average molecular weight is 484 g/mol. The van der Waals surface area contributed by atoms with Crippen LogP contribution in [0.2, 0.25) is 0 Å². The summed E-state index contributed by atoms with van der Waals surface area (Å²) in [6, 6.07) is 12.5. The Morgan fingerprint density at radius 3 is 2.23 bits per heavy atom. The molecule has 1 aliphatic rings. The molecule has 0 bridgehead atoms. The third kappa shape index (κ3) is 5.19. The van der Waals surface area contributed by atoms with Crippen LogP contribution in [-0.4, -0.2) is 69.0 Å². The summed E-state index contributed by atoms with van der Waals surface area (Å²) in [6.45, 7) is 5.75. The monoisotopic (exact) mass is 483 g/mol. The zero-order valence-electron chi connectivity index (χ0n) is 20.0. The van der Waals surface area contributed by atoms with Gasteiger partial charge >= 0.3 is 18.0 Å². The number of urea groups is 2. The molecule has 0 aromatic heterocycles. The van der Waals surface area contributed by atoms with Crippen LogP contribution in [0.1, 0.15) is 25.0 Å². The fourth-order valence-electron chi connectivity index (χ4n) is 4.06. The fourth-order valence-corrected chi connectivity index (χ4v) is 4.06. The molecule has 0 spiro atoms. The molecule has 11 heteroatoms. The van der Waals surface area contributed by atoms with Crippen molar-refractivity contribution in [2.24, 2.45) is 0 Å². The Kier molecular flexibility index (Phi) is 7.30. The summed E-state index contributed by atoms with van der Waals surface area (Å²) in [5, 5.41) is 25.3. The van der Waals surface area contributed by atoms with Gasteiger partial charge in [-0.15, -0.1) is 0 Å². The van der Waals surface area contributed by atoms with Crippen molar-refractivity contribution in [2.75, 3.05) is 23.3 Å². The van der Waals surface area contributed by atoms with Crippen LogP contribution in [0.4, 0.5) is 21.0 Å². The quantitative estimate of drug-likeness (QED) is 0.352. The first-order chi connectivity index (χ1) is 16.4. The van der Waals surface area contributed by atoms with E-state index in [1.54, 1.807) is 70.2 Å². The Morgan fingerprint density at radius 1 is 1.03 bits per heavy atom. The molecule has 4 N–H and O–H groups in total. The lowest BCUT2D eigenvalue weighted by atomic mass is 9.99. The van der Waals surface area contributed by atoms with Gasteiger partial charge in [-0.05, 0) is 51.0 Å². The van der Waals surface area contributed by atoms with Crippen molar-refractivity contribution in [3.05, 3.63) is 59.7 Å². The molecule has 11 nitrogen and oxygen atoms in total. The van der Waals surface area contributed by atoms with Gasteiger partial charge in [0.25, 0.3) is 0 Å². The average Bonchev–Trinajstić information content (AvgIpc) is 2.99. The van der Waals surface area contributed by atoms with Crippen LogP contribution in [0.15, 0.2) is 48.5 Å². The molecule has 0 saturated carbocycles. The van der Waals surface area contributed by atoms with Crippen LogP contribution in [0.25, 0.3) is 0 Å². The zero-order chi connectivity index (χ0) is 25.9. The first kappa shape index (κ1) is 25.5. The van der Waals surface area contributed by atoms with E-state index >= 15 is 0 Å². The lowest BCUT2D eigenvalue weighted by Gasteiger charge is -2.38. The Bertz CT molecular complexity index is 1150. The largest absolute Gasteiger partial charge is 0.480 e. The van der Waals surface area contributed by atoms with E-state index in [9.17, 15) is 24.4 Å². The predicted octanol–water partition coefficient (Wildman–Crippen LogP) is 2.77. The molecule has 1 saturated heterocycles. The van der Waals surface area contributed by atoms with Crippen LogP contribution in [0.3, 0.4) is 0 Å². The van der Waals surface area contributed by atoms with Gasteiger partial charge in [-0.1, -0.05) is 36.4 Å². The molecule has 2 aromatic rings. The van der Waals surface area contributed by atoms with Gasteiger partial charge < -0.3 is 20.6 Å². The first-order valence-corrected chi connectivity index (χ1v) is 10.9. The summed E-state index contributed by atoms with van der Waals surface area (Å²) in [5.74, 6) is -1.91. The number of carbonyl (C=O) groups is 4. The molecular formula is C24H29N5O6. The van der Waals surface area contributed by atoms with E-state index in [-0.39, 0.29) is 0 Å². The van der Waals surface area contributed by atoms with Gasteiger partial charge in [0.05, 0.1) is 11.2 Å². The molecule has 2 aromatic carbocycles. The Hall–Kier alpha value is -4.12. The first-order valence-electron chi connectivity index (χ1n) is 10.9. The van der Waals surface area contributed by atoms with Gasteiger partial charge in [0.15, 0.2) is 6.17 Å². The summed E-state index contributed by atoms with van der Waals surface area (Å²) in [7, 11) is 0. The number of para-hydroxylation sites is 2. The molecule has 1 atom stereocenters. The number of nitrogens with zero attached hydrogens (tertiary/aromatic N) is 3. The van der Waals surface area contributed by atoms with E-state index in [1.165, 1.54) is 9.80 Å². The number of aliphatic carboxylic acids is 1. The summed E-state index contributed by atoms with van der Waals surface area (Å²) < 4.78 is 0. The second kappa shape index (κ2) is 10.0. The molecular weight excluding hydrogens is 454 g/mol. The molecule has 0 aliphatic carbocycles. The number of hydrogen-bond acceptors (Lipinski definition) is 5. The molecule has 35 heavy (non-hydrogen) atoms. The SMILES string of the molecule is Cc1ccccc1NC(=O)N(O)C1N(c2ccccc2C)C(=O)N(CC(=O)NCC(=O)O)C1(C)C. The second-order valence-corrected chi connectivity index (χ2v) is 8.81. The molecule has 3 rings (SSSR count). The highest BCUT2D eigenvalue weighted by molar-refractivity contribution is 6.00. The number of carboxylic acids is 1. The summed E-state index contributed by atoms with van der Waals surface area (Å²) in [6.07, 6.45) is -1.22. The normalized spacial score (nSPS) is 16.7. The standard InChI is InChI=1S/C24H29N5O6/c1-15-9-5-7-11-17(15)26-22(33)29(35)21-24(3,4)27(14-19(30)25-13-20(31)32)23(34)28(21)18-12-8-6-10-16(18)2/h5-12,21,35H,13-14H2,1-4H3,(H,25,30)(H,26,33)(H,31,32). The topological polar surface area (TPSA) is 143 Å². The van der Waals surface area contributed by atoms with E-state index in [2.05, 4.69) is 10.6 Å². The van der Waals surface area contributed by atoms with Gasteiger partial charge in [-0.3, -0.25) is 19.7 Å². The van der Waals surface area contributed by atoms with Crippen molar-refractivity contribution < 1.29 is 29.5 Å². The predicted molar refractivity (Wildman–Crippen MR) is 128 cm³/mol. The van der Waals surface area contributed by atoms with E-state index in [0.717, 1.165) is 5.56 Å². The maximum Gasteiger partial charge on any atom is 0.347 e. The van der Waals surface area contributed by atoms with E-state index < -0.39 is 48.7 Å². The van der Waals surface area contributed by atoms with Crippen molar-refractivity contribution in [1.82, 2.24) is 15.3 Å². The van der Waals surface area contributed by atoms with Crippen molar-refractivity contribution >= 4 is 35.3 Å². The lowest BCUT2D eigenvalue weighted by molar-refractivity contribution is -0.138. The number of amides is 5. The smallest absolute Gasteiger partial charge is 0.347 e. The summed E-state index contributed by atoms with van der Waals surface area (Å²) in [4.78, 5) is 52.3. The Labute approximate surface area is 202 Å². The van der Waals surface area contributed by atoms with Crippen LogP contribution in [-0.2, 0) is 9.59 Å². The Morgan fingerprint density at radius 2 is 1.63 bits per heavy atom. The number of benzene rings is 2. The van der Waals surface area contributed by atoms with E-state index in [4.69, 9.17) is 5.11 Å². The molecule has 0 radical (unpaired) electrons. The number of rotatable bonds is 7. The highest BCUT2D eigenvalue weighted by atomic mass is 16.5. The maximum atomic E-state index is 13.6. The van der Waals surface area contributed by atoms with Gasteiger partial charge in [0.1, 0.15) is 13.1 Å². The minimum absolute atomic E-state index is 0.450. The van der Waals surface area contributed by atoms with Crippen LogP contribution < -0.4 is 15.5 Å². The van der Waals surface area contributed by atoms with Gasteiger partial charge in [0, 0.05) is 5.69 Å². The second-order valence-electron chi connectivity index (χ2n) is 8.81. The number of aryl methyl sites for hydroxylation is 2. The van der Waals surface area contributed by atoms with Gasteiger partial charge in [-0.25, -0.2) is 9.59 Å². The number of hydroxylamine groups is 2.